The normalized spacial score (nSPS) is 24.2. The number of carbonyl (C=O) groups excluding carboxylic acids is 1. The van der Waals surface area contributed by atoms with Crippen LogP contribution in [0.4, 0.5) is 0 Å². The molecule has 0 bridgehead atoms. The number of furan rings is 1. The topological polar surface area (TPSA) is 88.8 Å². The Hall–Kier alpha value is -1.38. The van der Waals surface area contributed by atoms with Crippen LogP contribution in [0.3, 0.4) is 0 Å². The van der Waals surface area contributed by atoms with E-state index >= 15 is 0 Å². The van der Waals surface area contributed by atoms with Crippen LogP contribution in [-0.4, -0.2) is 57.8 Å². The molecule has 2 aliphatic heterocycles. The van der Waals surface area contributed by atoms with Gasteiger partial charge >= 0.3 is 0 Å². The van der Waals surface area contributed by atoms with E-state index < -0.39 is 10.0 Å². The number of hydrogen-bond acceptors (Lipinski definition) is 5. The molecule has 1 aromatic heterocycles. The van der Waals surface area contributed by atoms with Crippen molar-refractivity contribution >= 4 is 15.9 Å². The van der Waals surface area contributed by atoms with Crippen LogP contribution in [0.25, 0.3) is 0 Å². The number of nitrogens with zero attached hydrogens (tertiary/aromatic N) is 1. The fourth-order valence-electron chi connectivity index (χ4n) is 3.78. The molecule has 8 heteroatoms. The second kappa shape index (κ2) is 6.50. The zero-order chi connectivity index (χ0) is 17.4. The van der Waals surface area contributed by atoms with E-state index in [4.69, 9.17) is 9.15 Å². The molecule has 0 saturated carbocycles. The molecule has 7 nitrogen and oxygen atoms in total. The van der Waals surface area contributed by atoms with E-state index in [1.807, 2.05) is 4.90 Å². The van der Waals surface area contributed by atoms with E-state index in [9.17, 15) is 13.2 Å². The highest BCUT2D eigenvalue weighted by molar-refractivity contribution is 7.88. The predicted octanol–water partition coefficient (Wildman–Crippen LogP) is 1.15. The Bertz CT molecular complexity index is 704. The number of nitrogens with one attached hydrogen (secondary N) is 1. The first-order chi connectivity index (χ1) is 11.3. The first kappa shape index (κ1) is 17.4. The number of ether oxygens (including phenoxy) is 1. The average molecular weight is 356 g/mol. The summed E-state index contributed by atoms with van der Waals surface area (Å²) >= 11 is 0. The zero-order valence-corrected chi connectivity index (χ0v) is 14.9. The van der Waals surface area contributed by atoms with Crippen molar-refractivity contribution in [2.45, 2.75) is 32.2 Å². The van der Waals surface area contributed by atoms with Gasteiger partial charge in [-0.25, -0.2) is 13.1 Å². The van der Waals surface area contributed by atoms with Crippen molar-refractivity contribution in [3.63, 3.8) is 0 Å². The van der Waals surface area contributed by atoms with Crippen molar-refractivity contribution in [3.05, 3.63) is 23.7 Å². The minimum Gasteiger partial charge on any atom is -0.469 e. The van der Waals surface area contributed by atoms with Gasteiger partial charge in [-0.3, -0.25) is 4.79 Å². The molecular weight excluding hydrogens is 332 g/mol. The smallest absolute Gasteiger partial charge is 0.257 e. The summed E-state index contributed by atoms with van der Waals surface area (Å²) in [5.41, 5.74) is 0.465. The summed E-state index contributed by atoms with van der Waals surface area (Å²) in [6.07, 6.45) is 5.06. The van der Waals surface area contributed by atoms with Gasteiger partial charge in [-0.2, -0.15) is 0 Å². The molecule has 3 rings (SSSR count). The minimum atomic E-state index is -3.29. The molecule has 0 aromatic carbocycles. The summed E-state index contributed by atoms with van der Waals surface area (Å²) in [6, 6.07) is 1.47. The Morgan fingerprint density at radius 1 is 1.33 bits per heavy atom. The SMILES string of the molecule is Cc1occc1C(=O)N1CCC2(CCOC[C@@H]2NS(C)(=O)=O)CC1. The van der Waals surface area contributed by atoms with Crippen LogP contribution in [0, 0.1) is 12.3 Å². The fourth-order valence-corrected chi connectivity index (χ4v) is 4.61. The highest BCUT2D eigenvalue weighted by Gasteiger charge is 2.45. The Labute approximate surface area is 142 Å². The van der Waals surface area contributed by atoms with Crippen molar-refractivity contribution in [1.82, 2.24) is 9.62 Å². The molecule has 2 fully saturated rings. The van der Waals surface area contributed by atoms with Gasteiger partial charge < -0.3 is 14.1 Å². The summed E-state index contributed by atoms with van der Waals surface area (Å²) in [4.78, 5) is 14.4. The lowest BCUT2D eigenvalue weighted by Gasteiger charge is -2.48. The van der Waals surface area contributed by atoms with Crippen molar-refractivity contribution in [2.75, 3.05) is 32.6 Å². The third-order valence-electron chi connectivity index (χ3n) is 5.26. The third-order valence-corrected chi connectivity index (χ3v) is 5.97. The van der Waals surface area contributed by atoms with Gasteiger partial charge in [-0.15, -0.1) is 0 Å². The molecule has 24 heavy (non-hydrogen) atoms. The third kappa shape index (κ3) is 3.50. The summed E-state index contributed by atoms with van der Waals surface area (Å²) in [7, 11) is -3.29. The van der Waals surface area contributed by atoms with Crippen molar-refractivity contribution < 1.29 is 22.4 Å². The highest BCUT2D eigenvalue weighted by atomic mass is 32.2. The van der Waals surface area contributed by atoms with Crippen LogP contribution in [0.2, 0.25) is 0 Å². The van der Waals surface area contributed by atoms with E-state index in [1.165, 1.54) is 12.5 Å². The number of likely N-dealkylation sites (tertiary alicyclic amines) is 1. The van der Waals surface area contributed by atoms with Gasteiger partial charge in [-0.05, 0) is 37.7 Å². The lowest BCUT2D eigenvalue weighted by molar-refractivity contribution is -0.0400. The quantitative estimate of drug-likeness (QED) is 0.878. The molecule has 1 N–H and O–H groups in total. The molecule has 0 radical (unpaired) electrons. The number of hydrogen-bond donors (Lipinski definition) is 1. The summed E-state index contributed by atoms with van der Waals surface area (Å²) in [5, 5.41) is 0. The first-order valence-corrected chi connectivity index (χ1v) is 10.1. The van der Waals surface area contributed by atoms with E-state index in [2.05, 4.69) is 4.72 Å². The monoisotopic (exact) mass is 356 g/mol. The predicted molar refractivity (Wildman–Crippen MR) is 88.2 cm³/mol. The Kier molecular flexibility index (Phi) is 4.72. The second-order valence-corrected chi connectivity index (χ2v) is 8.59. The van der Waals surface area contributed by atoms with Crippen LogP contribution in [0.1, 0.15) is 35.4 Å². The van der Waals surface area contributed by atoms with Crippen molar-refractivity contribution in [1.29, 1.82) is 0 Å². The standard InChI is InChI=1S/C16H24N2O5S/c1-12-13(3-9-23-12)15(19)18-7-4-16(5-8-18)6-10-22-11-14(16)17-24(2,20)21/h3,9,14,17H,4-8,10-11H2,1-2H3/t14-/m0/s1. The lowest BCUT2D eigenvalue weighted by atomic mass is 9.69. The highest BCUT2D eigenvalue weighted by Crippen LogP contribution is 2.41. The Morgan fingerprint density at radius 2 is 2.04 bits per heavy atom. The Balaban J connectivity index is 1.70. The number of sulfonamides is 1. The lowest BCUT2D eigenvalue weighted by Crippen LogP contribution is -2.57. The minimum absolute atomic E-state index is 0.0178. The van der Waals surface area contributed by atoms with Gasteiger partial charge in [0, 0.05) is 19.7 Å². The molecule has 1 spiro atoms. The maximum Gasteiger partial charge on any atom is 0.257 e. The molecule has 2 saturated heterocycles. The number of amides is 1. The summed E-state index contributed by atoms with van der Waals surface area (Å²) < 4.78 is 36.7. The maximum absolute atomic E-state index is 12.6. The van der Waals surface area contributed by atoms with Crippen LogP contribution >= 0.6 is 0 Å². The number of rotatable bonds is 3. The number of piperidine rings is 1. The molecule has 2 aliphatic rings. The van der Waals surface area contributed by atoms with Gasteiger partial charge in [0.05, 0.1) is 30.7 Å². The van der Waals surface area contributed by atoms with Crippen LogP contribution in [0.5, 0.6) is 0 Å². The van der Waals surface area contributed by atoms with Crippen molar-refractivity contribution in [2.24, 2.45) is 5.41 Å². The fraction of sp³-hybridized carbons (Fsp3) is 0.688. The van der Waals surface area contributed by atoms with E-state index in [-0.39, 0.29) is 17.4 Å². The molecular formula is C16H24N2O5S. The number of aryl methyl sites for hydroxylation is 1. The maximum atomic E-state index is 12.6. The van der Waals surface area contributed by atoms with E-state index in [1.54, 1.807) is 13.0 Å². The number of carbonyl (C=O) groups is 1. The van der Waals surface area contributed by atoms with E-state index in [0.29, 0.717) is 37.6 Å². The van der Waals surface area contributed by atoms with E-state index in [0.717, 1.165) is 19.3 Å². The zero-order valence-electron chi connectivity index (χ0n) is 14.1. The van der Waals surface area contributed by atoms with Crippen molar-refractivity contribution in [3.8, 4) is 0 Å². The van der Waals surface area contributed by atoms with Gasteiger partial charge in [0.15, 0.2) is 0 Å². The molecule has 1 amide bonds. The van der Waals surface area contributed by atoms with Crippen LogP contribution in [-0.2, 0) is 14.8 Å². The second-order valence-electron chi connectivity index (χ2n) is 6.81. The summed E-state index contributed by atoms with van der Waals surface area (Å²) in [5.74, 6) is 0.610. The van der Waals surface area contributed by atoms with Gasteiger partial charge in [0.2, 0.25) is 10.0 Å². The van der Waals surface area contributed by atoms with Crippen LogP contribution < -0.4 is 4.72 Å². The molecule has 0 aliphatic carbocycles. The largest absolute Gasteiger partial charge is 0.469 e. The molecule has 1 atom stereocenters. The first-order valence-electron chi connectivity index (χ1n) is 8.19. The van der Waals surface area contributed by atoms with Gasteiger partial charge in [0.25, 0.3) is 5.91 Å². The van der Waals surface area contributed by atoms with Gasteiger partial charge in [0.1, 0.15) is 5.76 Å². The summed E-state index contributed by atoms with van der Waals surface area (Å²) in [6.45, 7) is 4.04. The molecule has 134 valence electrons. The van der Waals surface area contributed by atoms with Gasteiger partial charge in [-0.1, -0.05) is 0 Å². The molecule has 3 heterocycles. The molecule has 0 unspecified atom stereocenters. The molecule has 1 aromatic rings. The average Bonchev–Trinajstić information content (AvgIpc) is 2.95. The van der Waals surface area contributed by atoms with Crippen LogP contribution in [0.15, 0.2) is 16.7 Å². The Morgan fingerprint density at radius 3 is 2.62 bits per heavy atom.